The molecule has 0 aromatic heterocycles. The molecule has 0 saturated heterocycles. The highest BCUT2D eigenvalue weighted by Gasteiger charge is 2.17. The molecule has 0 fully saturated rings. The van der Waals surface area contributed by atoms with Gasteiger partial charge in [-0.15, -0.1) is 0 Å². The van der Waals surface area contributed by atoms with Crippen LogP contribution in [0.1, 0.15) is 36.6 Å². The van der Waals surface area contributed by atoms with Gasteiger partial charge in [-0.3, -0.25) is 24.1 Å². The molecule has 0 saturated carbocycles. The summed E-state index contributed by atoms with van der Waals surface area (Å²) in [5, 5.41) is 0. The van der Waals surface area contributed by atoms with Crippen molar-refractivity contribution in [2.24, 2.45) is 0 Å². The van der Waals surface area contributed by atoms with E-state index in [-0.39, 0.29) is 17.0 Å². The third-order valence-electron chi connectivity index (χ3n) is 3.94. The minimum Gasteiger partial charge on any atom is -0.457 e. The van der Waals surface area contributed by atoms with E-state index < -0.39 is 5.91 Å². The van der Waals surface area contributed by atoms with Crippen molar-refractivity contribution in [1.82, 2.24) is 9.80 Å². The lowest BCUT2D eigenvalue weighted by atomic mass is 10.1. The Morgan fingerprint density at radius 1 is 0.889 bits per heavy atom. The van der Waals surface area contributed by atoms with Crippen molar-refractivity contribution >= 4 is 24.5 Å². The lowest BCUT2D eigenvalue weighted by molar-refractivity contribution is -0.115. The Kier molecular flexibility index (Phi) is 6.07. The summed E-state index contributed by atoms with van der Waals surface area (Å²) in [6.07, 6.45) is 1.05. The second kappa shape index (κ2) is 8.27. The van der Waals surface area contributed by atoms with Crippen LogP contribution in [0.15, 0.2) is 36.4 Å². The lowest BCUT2D eigenvalue weighted by Crippen LogP contribution is -2.25. The number of imide groups is 1. The molecule has 0 N–H and O–H groups in total. The number of carbonyl (C=O) groups excluding carboxylic acids is 4. The number of rotatable bonds is 6. The topological polar surface area (TPSA) is 84.0 Å². The summed E-state index contributed by atoms with van der Waals surface area (Å²) in [7, 11) is 4.55. The summed E-state index contributed by atoms with van der Waals surface area (Å²) < 4.78 is 5.76. The fraction of sp³-hybridized carbons (Fsp3) is 0.200. The van der Waals surface area contributed by atoms with Gasteiger partial charge >= 0.3 is 0 Å². The van der Waals surface area contributed by atoms with Gasteiger partial charge in [-0.2, -0.15) is 0 Å². The Hall–Kier alpha value is -3.48. The van der Waals surface area contributed by atoms with Crippen LogP contribution >= 0.6 is 0 Å². The van der Waals surface area contributed by atoms with E-state index in [0.29, 0.717) is 35.3 Å². The molecule has 0 aliphatic carbocycles. The zero-order valence-corrected chi connectivity index (χ0v) is 15.6. The summed E-state index contributed by atoms with van der Waals surface area (Å²) in [5.74, 6) is -0.0650. The van der Waals surface area contributed by atoms with Crippen molar-refractivity contribution in [3.05, 3.63) is 58.7 Å². The molecular weight excluding hydrogens is 348 g/mol. The van der Waals surface area contributed by atoms with Gasteiger partial charge in [0.25, 0.3) is 11.8 Å². The van der Waals surface area contributed by atoms with Gasteiger partial charge in [0.1, 0.15) is 11.5 Å². The average Bonchev–Trinajstić information content (AvgIpc) is 2.67. The van der Waals surface area contributed by atoms with Crippen molar-refractivity contribution in [3.8, 4) is 11.5 Å². The molecule has 2 aromatic carbocycles. The molecule has 0 bridgehead atoms. The molecule has 0 aliphatic rings. The van der Waals surface area contributed by atoms with E-state index in [1.807, 2.05) is 0 Å². The Balaban J connectivity index is 2.38. The number of nitrogens with zero attached hydrogens (tertiary/aromatic N) is 2. The van der Waals surface area contributed by atoms with Crippen LogP contribution in [0.4, 0.5) is 0 Å². The van der Waals surface area contributed by atoms with Crippen molar-refractivity contribution < 1.29 is 23.9 Å². The second-order valence-electron chi connectivity index (χ2n) is 6.17. The van der Waals surface area contributed by atoms with Gasteiger partial charge in [0, 0.05) is 32.3 Å². The second-order valence-corrected chi connectivity index (χ2v) is 6.17. The number of amides is 3. The third-order valence-corrected chi connectivity index (χ3v) is 3.94. The Labute approximate surface area is 157 Å². The molecule has 0 spiro atoms. The monoisotopic (exact) mass is 368 g/mol. The highest BCUT2D eigenvalue weighted by molar-refractivity contribution is 6.02. The average molecular weight is 368 g/mol. The molecular formula is C20H20N2O5. The number of hydrogen-bond donors (Lipinski definition) is 0. The van der Waals surface area contributed by atoms with Gasteiger partial charge in [-0.1, -0.05) is 6.07 Å². The molecule has 2 rings (SSSR count). The fourth-order valence-corrected chi connectivity index (χ4v) is 2.40. The van der Waals surface area contributed by atoms with E-state index in [9.17, 15) is 19.2 Å². The first-order valence-electron chi connectivity index (χ1n) is 8.10. The van der Waals surface area contributed by atoms with Crippen LogP contribution in [0, 0.1) is 6.92 Å². The number of ether oxygens (including phenoxy) is 1. The number of benzene rings is 2. The summed E-state index contributed by atoms with van der Waals surface area (Å²) in [5.41, 5.74) is 1.50. The number of carbonyl (C=O) groups is 4. The van der Waals surface area contributed by atoms with E-state index in [2.05, 4.69) is 0 Å². The Morgan fingerprint density at radius 3 is 2.04 bits per heavy atom. The Morgan fingerprint density at radius 2 is 1.48 bits per heavy atom. The minimum absolute atomic E-state index is 0.219. The van der Waals surface area contributed by atoms with Crippen molar-refractivity contribution in [3.63, 3.8) is 0 Å². The molecule has 0 heterocycles. The SMILES string of the molecule is Cc1ccc(Oc2ccc(C=O)c(C(=O)N(C)C)c2)cc1C(=O)N(C)C=O. The van der Waals surface area contributed by atoms with Crippen molar-refractivity contribution in [2.45, 2.75) is 6.92 Å². The van der Waals surface area contributed by atoms with Gasteiger partial charge in [0.05, 0.1) is 5.56 Å². The van der Waals surface area contributed by atoms with Gasteiger partial charge in [0.15, 0.2) is 6.29 Å². The predicted octanol–water partition coefficient (Wildman–Crippen LogP) is 2.53. The van der Waals surface area contributed by atoms with E-state index in [4.69, 9.17) is 4.74 Å². The van der Waals surface area contributed by atoms with Crippen LogP contribution in [0.5, 0.6) is 11.5 Å². The molecule has 0 aliphatic heterocycles. The van der Waals surface area contributed by atoms with Crippen LogP contribution in [0.2, 0.25) is 0 Å². The molecule has 27 heavy (non-hydrogen) atoms. The largest absolute Gasteiger partial charge is 0.457 e. The van der Waals surface area contributed by atoms with Gasteiger partial charge < -0.3 is 9.64 Å². The van der Waals surface area contributed by atoms with Crippen LogP contribution in [-0.2, 0) is 4.79 Å². The first kappa shape index (κ1) is 19.8. The number of hydrogen-bond acceptors (Lipinski definition) is 5. The number of aldehydes is 1. The molecule has 2 aromatic rings. The molecule has 0 unspecified atom stereocenters. The summed E-state index contributed by atoms with van der Waals surface area (Å²) in [4.78, 5) is 48.8. The van der Waals surface area contributed by atoms with E-state index in [1.54, 1.807) is 39.2 Å². The van der Waals surface area contributed by atoms with Gasteiger partial charge in [-0.05, 0) is 42.8 Å². The highest BCUT2D eigenvalue weighted by Crippen LogP contribution is 2.26. The summed E-state index contributed by atoms with van der Waals surface area (Å²) in [6.45, 7) is 1.75. The minimum atomic E-state index is -0.451. The maximum atomic E-state index is 12.3. The summed E-state index contributed by atoms with van der Waals surface area (Å²) >= 11 is 0. The molecule has 0 radical (unpaired) electrons. The first-order chi connectivity index (χ1) is 12.8. The van der Waals surface area contributed by atoms with Crippen molar-refractivity contribution in [1.29, 1.82) is 0 Å². The van der Waals surface area contributed by atoms with Crippen molar-refractivity contribution in [2.75, 3.05) is 21.1 Å². The Bertz CT molecular complexity index is 905. The molecule has 7 heteroatoms. The van der Waals surface area contributed by atoms with E-state index in [1.165, 1.54) is 30.1 Å². The van der Waals surface area contributed by atoms with Gasteiger partial charge in [-0.25, -0.2) is 0 Å². The molecule has 3 amide bonds. The number of aryl methyl sites for hydroxylation is 1. The lowest BCUT2D eigenvalue weighted by Gasteiger charge is -2.15. The highest BCUT2D eigenvalue weighted by atomic mass is 16.5. The van der Waals surface area contributed by atoms with Gasteiger partial charge in [0.2, 0.25) is 6.41 Å². The molecule has 7 nitrogen and oxygen atoms in total. The predicted molar refractivity (Wildman–Crippen MR) is 99.3 cm³/mol. The van der Waals surface area contributed by atoms with Crippen LogP contribution in [-0.4, -0.2) is 55.5 Å². The standard InChI is InChI=1S/C20H20N2O5/c1-13-5-7-15(9-17(13)20(26)22(4)12-24)27-16-8-6-14(11-23)18(10-16)19(25)21(2)3/h5-12H,1-4H3. The van der Waals surface area contributed by atoms with Crippen LogP contribution < -0.4 is 4.74 Å². The van der Waals surface area contributed by atoms with E-state index in [0.717, 1.165) is 4.90 Å². The smallest absolute Gasteiger partial charge is 0.260 e. The normalized spacial score (nSPS) is 10.1. The maximum absolute atomic E-state index is 12.3. The zero-order valence-electron chi connectivity index (χ0n) is 15.6. The van der Waals surface area contributed by atoms with Crippen LogP contribution in [0.25, 0.3) is 0 Å². The summed E-state index contributed by atoms with van der Waals surface area (Å²) in [6, 6.07) is 9.44. The zero-order chi connectivity index (χ0) is 20.1. The first-order valence-corrected chi connectivity index (χ1v) is 8.10. The molecule has 0 atom stereocenters. The van der Waals surface area contributed by atoms with E-state index >= 15 is 0 Å². The maximum Gasteiger partial charge on any atom is 0.260 e. The molecule has 140 valence electrons. The third kappa shape index (κ3) is 4.38. The quantitative estimate of drug-likeness (QED) is 0.732. The van der Waals surface area contributed by atoms with Crippen LogP contribution in [0.3, 0.4) is 0 Å². The fourth-order valence-electron chi connectivity index (χ4n) is 2.40.